The summed E-state index contributed by atoms with van der Waals surface area (Å²) in [6.45, 7) is 26.8. The SMILES string of the molecule is CC(C)c1cc2c(-c3ccc(C(C)(C)C)cc3)cccc2[cH-]1.CCc1cc2c(-c3ccc(C(C)(C)C)cc3)ccc(C)c2[cH-]1.C[Si]C.[Cl][Zr+2][Cl]. The van der Waals surface area contributed by atoms with Crippen LogP contribution < -0.4 is 0 Å². The summed E-state index contributed by atoms with van der Waals surface area (Å²) < 4.78 is 0. The third-order valence-electron chi connectivity index (χ3n) is 9.14. The van der Waals surface area contributed by atoms with Crippen molar-refractivity contribution in [2.45, 2.75) is 106 Å². The second-order valence-corrected chi connectivity index (χ2v) is 20.2. The van der Waals surface area contributed by atoms with E-state index in [4.69, 9.17) is 17.0 Å². The quantitative estimate of drug-likeness (QED) is 0.123. The van der Waals surface area contributed by atoms with E-state index in [1.807, 2.05) is 0 Å². The Labute approximate surface area is 325 Å². The fourth-order valence-corrected chi connectivity index (χ4v) is 6.10. The van der Waals surface area contributed by atoms with Gasteiger partial charge in [-0.3, -0.25) is 0 Å². The van der Waals surface area contributed by atoms with Gasteiger partial charge >= 0.3 is 37.9 Å². The second kappa shape index (κ2) is 19.0. The molecule has 0 fully saturated rings. The van der Waals surface area contributed by atoms with Crippen LogP contribution in [0.15, 0.2) is 103 Å². The van der Waals surface area contributed by atoms with Gasteiger partial charge in [0.25, 0.3) is 0 Å². The van der Waals surface area contributed by atoms with E-state index in [-0.39, 0.29) is 10.8 Å². The standard InChI is InChI=1S/2C22H25.C2H6Si.2ClH.Zr/c1-15(2)18-13-17-7-6-8-20(21(17)14-18)16-9-11-19(12-10-16)22(3,4)5;1-6-16-13-20-15(2)7-12-19(21(20)14-16)17-8-10-18(11-9-17)22(3,4)5;1-3-2;;;/h6-15H,1-5H3;7-14H,6H2,1-5H3;1-2H3;2*1H;/q2*-1;;;;+4/p-2. The summed E-state index contributed by atoms with van der Waals surface area (Å²) >= 11 is -0.826. The Morgan fingerprint density at radius 2 is 1.16 bits per heavy atom. The summed E-state index contributed by atoms with van der Waals surface area (Å²) in [5, 5.41) is 5.51. The van der Waals surface area contributed by atoms with Crippen LogP contribution in [0.25, 0.3) is 43.8 Å². The Kier molecular flexibility index (Phi) is 16.1. The first kappa shape index (κ1) is 42.2. The minimum absolute atomic E-state index is 0.204. The number of fused-ring (bicyclic) bond motifs is 2. The van der Waals surface area contributed by atoms with Gasteiger partial charge in [0.1, 0.15) is 0 Å². The van der Waals surface area contributed by atoms with Gasteiger partial charge in [-0.15, -0.1) is 68.6 Å². The average Bonchev–Trinajstić information content (AvgIpc) is 3.71. The van der Waals surface area contributed by atoms with Crippen LogP contribution in [0.3, 0.4) is 0 Å². The molecule has 0 aliphatic carbocycles. The molecule has 0 N–H and O–H groups in total. The molecule has 0 nitrogen and oxygen atoms in total. The average molecular weight is 799 g/mol. The van der Waals surface area contributed by atoms with Gasteiger partial charge in [-0.05, 0) is 45.4 Å². The summed E-state index contributed by atoms with van der Waals surface area (Å²) in [7, 11) is 11.0. The number of aryl methyl sites for hydroxylation is 2. The molecule has 6 aromatic carbocycles. The maximum atomic E-state index is 4.93. The van der Waals surface area contributed by atoms with E-state index in [0.29, 0.717) is 5.92 Å². The van der Waals surface area contributed by atoms with E-state index >= 15 is 0 Å². The summed E-state index contributed by atoms with van der Waals surface area (Å²) in [4.78, 5) is 0. The van der Waals surface area contributed by atoms with E-state index in [0.717, 1.165) is 15.9 Å². The minimum atomic E-state index is -0.826. The Hall–Kier alpha value is -2.22. The molecule has 0 aromatic heterocycles. The second-order valence-electron chi connectivity index (χ2n) is 15.5. The zero-order valence-electron chi connectivity index (χ0n) is 32.4. The van der Waals surface area contributed by atoms with Crippen molar-refractivity contribution in [1.82, 2.24) is 0 Å². The van der Waals surface area contributed by atoms with Crippen molar-refractivity contribution in [3.63, 3.8) is 0 Å². The number of rotatable bonds is 4. The zero-order valence-corrected chi connectivity index (χ0v) is 37.3. The first-order valence-electron chi connectivity index (χ1n) is 17.7. The summed E-state index contributed by atoms with van der Waals surface area (Å²) in [6.07, 6.45) is 1.09. The van der Waals surface area contributed by atoms with Crippen LogP contribution in [0.4, 0.5) is 0 Å². The molecule has 4 heteroatoms. The fraction of sp³-hybridized carbons (Fsp3) is 0.348. The molecule has 0 bridgehead atoms. The van der Waals surface area contributed by atoms with Crippen molar-refractivity contribution in [2.24, 2.45) is 0 Å². The van der Waals surface area contributed by atoms with Crippen LogP contribution in [-0.2, 0) is 38.1 Å². The van der Waals surface area contributed by atoms with Gasteiger partial charge in [0.2, 0.25) is 0 Å². The molecule has 0 spiro atoms. The third-order valence-corrected chi connectivity index (χ3v) is 9.14. The topological polar surface area (TPSA) is 0 Å². The van der Waals surface area contributed by atoms with Gasteiger partial charge in [-0.1, -0.05) is 154 Å². The van der Waals surface area contributed by atoms with Crippen molar-refractivity contribution in [3.05, 3.63) is 131 Å². The zero-order chi connectivity index (χ0) is 37.2. The van der Waals surface area contributed by atoms with E-state index in [2.05, 4.69) is 185 Å². The Morgan fingerprint density at radius 1 is 0.680 bits per heavy atom. The number of halogens is 2. The monoisotopic (exact) mass is 796 g/mol. The van der Waals surface area contributed by atoms with Gasteiger partial charge in [-0.2, -0.15) is 12.1 Å². The van der Waals surface area contributed by atoms with Gasteiger partial charge in [0.15, 0.2) is 0 Å². The molecule has 0 saturated heterocycles. The summed E-state index contributed by atoms with van der Waals surface area (Å²) in [6, 6.07) is 38.6. The number of hydrogen-bond donors (Lipinski definition) is 0. The van der Waals surface area contributed by atoms with Gasteiger partial charge in [0.05, 0.1) is 0 Å². The molecule has 0 amide bonds. The van der Waals surface area contributed by atoms with Crippen molar-refractivity contribution >= 4 is 48.1 Å². The molecule has 0 unspecified atom stereocenters. The molecule has 0 heterocycles. The summed E-state index contributed by atoms with van der Waals surface area (Å²) in [5.41, 5.74) is 12.7. The molecule has 0 atom stereocenters. The van der Waals surface area contributed by atoms with Crippen LogP contribution in [0.5, 0.6) is 0 Å². The normalized spacial score (nSPS) is 11.3. The van der Waals surface area contributed by atoms with Crippen molar-refractivity contribution in [1.29, 1.82) is 0 Å². The van der Waals surface area contributed by atoms with Crippen molar-refractivity contribution < 1.29 is 20.8 Å². The molecule has 50 heavy (non-hydrogen) atoms. The fourth-order valence-electron chi connectivity index (χ4n) is 6.10. The van der Waals surface area contributed by atoms with Gasteiger partial charge in [0, 0.05) is 9.52 Å². The van der Waals surface area contributed by atoms with Crippen molar-refractivity contribution in [3.8, 4) is 22.3 Å². The Bertz CT molecular complexity index is 1910. The third kappa shape index (κ3) is 11.1. The molecule has 0 aliphatic rings. The van der Waals surface area contributed by atoms with Crippen LogP contribution in [0.1, 0.15) is 96.0 Å². The first-order chi connectivity index (χ1) is 23.6. The molecule has 0 saturated carbocycles. The van der Waals surface area contributed by atoms with Crippen molar-refractivity contribution in [2.75, 3.05) is 0 Å². The van der Waals surface area contributed by atoms with E-state index in [1.54, 1.807) is 0 Å². The number of benzene rings is 4. The van der Waals surface area contributed by atoms with Crippen LogP contribution in [0.2, 0.25) is 13.1 Å². The summed E-state index contributed by atoms with van der Waals surface area (Å²) in [5.74, 6) is 0.573. The van der Waals surface area contributed by atoms with Crippen LogP contribution >= 0.6 is 17.0 Å². The van der Waals surface area contributed by atoms with Crippen LogP contribution in [0, 0.1) is 6.92 Å². The van der Waals surface area contributed by atoms with E-state index in [9.17, 15) is 0 Å². The molecule has 6 rings (SSSR count). The van der Waals surface area contributed by atoms with Gasteiger partial charge < -0.3 is 0 Å². The first-order valence-corrected chi connectivity index (χ1v) is 26.1. The molecular formula is C46H56Cl2SiZr. The molecular weight excluding hydrogens is 743 g/mol. The maximum absolute atomic E-state index is 4.93. The Balaban J connectivity index is 0.000000234. The Morgan fingerprint density at radius 3 is 1.60 bits per heavy atom. The predicted octanol–water partition coefficient (Wildman–Crippen LogP) is 15.2. The molecule has 6 aromatic rings. The molecule has 2 radical (unpaired) electrons. The van der Waals surface area contributed by atoms with Crippen LogP contribution in [-0.4, -0.2) is 9.52 Å². The molecule has 0 aliphatic heterocycles. The number of hydrogen-bond acceptors (Lipinski definition) is 0. The van der Waals surface area contributed by atoms with E-state index in [1.165, 1.54) is 71.6 Å². The molecule has 262 valence electrons. The predicted molar refractivity (Wildman–Crippen MR) is 225 cm³/mol. The van der Waals surface area contributed by atoms with Gasteiger partial charge in [-0.25, -0.2) is 0 Å². The van der Waals surface area contributed by atoms with E-state index < -0.39 is 20.8 Å².